The van der Waals surface area contributed by atoms with E-state index in [1.54, 1.807) is 30.3 Å². The molecule has 1 N–H and O–H groups in total. The van der Waals surface area contributed by atoms with Crippen molar-refractivity contribution >= 4 is 11.9 Å². The van der Waals surface area contributed by atoms with Gasteiger partial charge in [0.1, 0.15) is 6.07 Å². The number of rotatable bonds is 4. The van der Waals surface area contributed by atoms with E-state index in [1.165, 1.54) is 6.07 Å². The maximum atomic E-state index is 11.4. The number of aliphatic hydroxyl groups excluding tert-OH is 1. The fourth-order valence-electron chi connectivity index (χ4n) is 1.52. The van der Waals surface area contributed by atoms with Crippen LogP contribution in [0.5, 0.6) is 0 Å². The molecule has 6 heteroatoms. The minimum Gasteiger partial charge on any atom is -0.507 e. The third-order valence-electron chi connectivity index (χ3n) is 2.39. The number of nitriles is 1. The van der Waals surface area contributed by atoms with Gasteiger partial charge in [-0.2, -0.15) is 5.26 Å². The van der Waals surface area contributed by atoms with Crippen molar-refractivity contribution < 1.29 is 24.2 Å². The lowest BCUT2D eigenvalue weighted by Gasteiger charge is -2.17. The normalized spacial score (nSPS) is 12.7. The summed E-state index contributed by atoms with van der Waals surface area (Å²) in [4.78, 5) is 22.5. The fourth-order valence-corrected chi connectivity index (χ4v) is 1.52. The zero-order valence-electron chi connectivity index (χ0n) is 11.0. The largest absolute Gasteiger partial charge is 0.507 e. The summed E-state index contributed by atoms with van der Waals surface area (Å²) in [5, 5.41) is 19.0. The van der Waals surface area contributed by atoms with E-state index in [2.05, 4.69) is 4.74 Å². The zero-order chi connectivity index (χ0) is 15.1. The lowest BCUT2D eigenvalue weighted by Crippen LogP contribution is -2.16. The molecule has 1 unspecified atom stereocenters. The maximum absolute atomic E-state index is 11.4. The van der Waals surface area contributed by atoms with Gasteiger partial charge in [-0.1, -0.05) is 30.3 Å². The Bertz CT molecular complexity index is 571. The van der Waals surface area contributed by atoms with Gasteiger partial charge in [-0.3, -0.25) is 4.79 Å². The lowest BCUT2D eigenvalue weighted by molar-refractivity contribution is -0.147. The van der Waals surface area contributed by atoms with Gasteiger partial charge in [0.05, 0.1) is 7.11 Å². The third-order valence-corrected chi connectivity index (χ3v) is 2.39. The first-order chi connectivity index (χ1) is 9.51. The molecule has 0 saturated heterocycles. The summed E-state index contributed by atoms with van der Waals surface area (Å²) in [6, 6.07) is 9.80. The van der Waals surface area contributed by atoms with E-state index in [-0.39, 0.29) is 0 Å². The number of carbonyl (C=O) groups is 2. The van der Waals surface area contributed by atoms with E-state index < -0.39 is 29.4 Å². The fraction of sp³-hybridized carbons (Fsp3) is 0.214. The monoisotopic (exact) mass is 275 g/mol. The molecule has 0 radical (unpaired) electrons. The highest BCUT2D eigenvalue weighted by molar-refractivity contribution is 5.93. The Labute approximate surface area is 115 Å². The van der Waals surface area contributed by atoms with Gasteiger partial charge in [-0.15, -0.1) is 0 Å². The number of methoxy groups -OCH3 is 1. The summed E-state index contributed by atoms with van der Waals surface area (Å²) >= 11 is 0. The molecule has 6 nitrogen and oxygen atoms in total. The first kappa shape index (κ1) is 15.2. The van der Waals surface area contributed by atoms with Crippen LogP contribution in [0, 0.1) is 11.3 Å². The molecule has 0 heterocycles. The van der Waals surface area contributed by atoms with Crippen LogP contribution in [0.2, 0.25) is 0 Å². The molecular formula is C14H13NO5. The zero-order valence-corrected chi connectivity index (χ0v) is 11.0. The molecule has 0 bridgehead atoms. The van der Waals surface area contributed by atoms with Crippen LogP contribution in [0.3, 0.4) is 0 Å². The van der Waals surface area contributed by atoms with Crippen LogP contribution >= 0.6 is 0 Å². The molecule has 0 saturated carbocycles. The molecule has 0 amide bonds. The number of aliphatic hydroxyl groups is 1. The molecule has 1 atom stereocenters. The van der Waals surface area contributed by atoms with Crippen LogP contribution in [0.15, 0.2) is 41.7 Å². The molecule has 0 spiro atoms. The Morgan fingerprint density at radius 2 is 1.90 bits per heavy atom. The SMILES string of the molecule is COC(=O)/C(C#N)=C(/O)C(OC(C)=O)c1ccccc1. The number of benzene rings is 1. The Kier molecular flexibility index (Phi) is 5.30. The topological polar surface area (TPSA) is 96.6 Å². The van der Waals surface area contributed by atoms with Crippen molar-refractivity contribution in [3.05, 3.63) is 47.2 Å². The number of hydrogen-bond acceptors (Lipinski definition) is 6. The van der Waals surface area contributed by atoms with Gasteiger partial charge >= 0.3 is 11.9 Å². The average molecular weight is 275 g/mol. The first-order valence-electron chi connectivity index (χ1n) is 5.65. The third kappa shape index (κ3) is 3.59. The van der Waals surface area contributed by atoms with Crippen molar-refractivity contribution in [2.45, 2.75) is 13.0 Å². The number of ether oxygens (including phenoxy) is 2. The van der Waals surface area contributed by atoms with Crippen LogP contribution in [0.1, 0.15) is 18.6 Å². The Morgan fingerprint density at radius 1 is 1.30 bits per heavy atom. The average Bonchev–Trinajstić information content (AvgIpc) is 2.45. The van der Waals surface area contributed by atoms with Gasteiger partial charge in [0.25, 0.3) is 0 Å². The van der Waals surface area contributed by atoms with Crippen molar-refractivity contribution in [2.24, 2.45) is 0 Å². The van der Waals surface area contributed by atoms with Crippen molar-refractivity contribution in [2.75, 3.05) is 7.11 Å². The molecule has 20 heavy (non-hydrogen) atoms. The van der Waals surface area contributed by atoms with Gasteiger partial charge in [0, 0.05) is 12.5 Å². The van der Waals surface area contributed by atoms with Crippen LogP contribution in [0.4, 0.5) is 0 Å². The van der Waals surface area contributed by atoms with Gasteiger partial charge < -0.3 is 14.6 Å². The van der Waals surface area contributed by atoms with Crippen molar-refractivity contribution in [1.29, 1.82) is 5.26 Å². The molecule has 104 valence electrons. The number of esters is 2. The Balaban J connectivity index is 3.31. The van der Waals surface area contributed by atoms with E-state index in [0.29, 0.717) is 5.56 Å². The minimum atomic E-state index is -1.23. The summed E-state index contributed by atoms with van der Waals surface area (Å²) in [6.45, 7) is 1.16. The van der Waals surface area contributed by atoms with Crippen LogP contribution in [-0.2, 0) is 19.1 Å². The van der Waals surface area contributed by atoms with E-state index in [1.807, 2.05) is 0 Å². The summed E-state index contributed by atoms with van der Waals surface area (Å²) in [7, 11) is 1.08. The van der Waals surface area contributed by atoms with Gasteiger partial charge in [-0.25, -0.2) is 4.79 Å². The summed E-state index contributed by atoms with van der Waals surface area (Å²) in [5.41, 5.74) is -0.181. The smallest absolute Gasteiger partial charge is 0.352 e. The second-order valence-electron chi connectivity index (χ2n) is 3.76. The summed E-state index contributed by atoms with van der Waals surface area (Å²) in [6.07, 6.45) is -1.23. The molecule has 1 aromatic carbocycles. The first-order valence-corrected chi connectivity index (χ1v) is 5.65. The molecule has 0 aliphatic rings. The van der Waals surface area contributed by atoms with E-state index in [9.17, 15) is 14.7 Å². The lowest BCUT2D eigenvalue weighted by atomic mass is 10.0. The second-order valence-corrected chi connectivity index (χ2v) is 3.76. The quantitative estimate of drug-likeness (QED) is 0.389. The van der Waals surface area contributed by atoms with Crippen LogP contribution < -0.4 is 0 Å². The molecule has 1 rings (SSSR count). The summed E-state index contributed by atoms with van der Waals surface area (Å²) < 4.78 is 9.37. The predicted octanol–water partition coefficient (Wildman–Crippen LogP) is 1.80. The van der Waals surface area contributed by atoms with Crippen molar-refractivity contribution in [3.8, 4) is 6.07 Å². The molecular weight excluding hydrogens is 262 g/mol. The van der Waals surface area contributed by atoms with Crippen molar-refractivity contribution in [3.63, 3.8) is 0 Å². The predicted molar refractivity (Wildman–Crippen MR) is 68.2 cm³/mol. The minimum absolute atomic E-state index is 0.428. The van der Waals surface area contributed by atoms with E-state index >= 15 is 0 Å². The molecule has 0 aliphatic heterocycles. The maximum Gasteiger partial charge on any atom is 0.352 e. The highest BCUT2D eigenvalue weighted by Gasteiger charge is 2.26. The molecule has 1 aromatic rings. The number of hydrogen-bond donors (Lipinski definition) is 1. The van der Waals surface area contributed by atoms with E-state index in [4.69, 9.17) is 10.00 Å². The van der Waals surface area contributed by atoms with Gasteiger partial charge in [0.15, 0.2) is 17.4 Å². The number of nitrogens with zero attached hydrogens (tertiary/aromatic N) is 1. The van der Waals surface area contributed by atoms with Crippen molar-refractivity contribution in [1.82, 2.24) is 0 Å². The molecule has 0 aliphatic carbocycles. The van der Waals surface area contributed by atoms with Crippen LogP contribution in [0.25, 0.3) is 0 Å². The van der Waals surface area contributed by atoms with Gasteiger partial charge in [-0.05, 0) is 0 Å². The second kappa shape index (κ2) is 6.95. The number of carbonyl (C=O) groups excluding carboxylic acids is 2. The van der Waals surface area contributed by atoms with Crippen LogP contribution in [-0.4, -0.2) is 24.2 Å². The molecule has 0 aromatic heterocycles. The Morgan fingerprint density at radius 3 is 2.35 bits per heavy atom. The highest BCUT2D eigenvalue weighted by Crippen LogP contribution is 2.26. The molecule has 0 fully saturated rings. The standard InChI is InChI=1S/C14H13NO5/c1-9(16)20-13(10-6-4-3-5-7-10)12(17)11(8-15)14(18)19-2/h3-7,13,17H,1-2H3/b12-11+. The Hall–Kier alpha value is -2.81. The van der Waals surface area contributed by atoms with E-state index in [0.717, 1.165) is 14.0 Å². The highest BCUT2D eigenvalue weighted by atomic mass is 16.6. The van der Waals surface area contributed by atoms with Gasteiger partial charge in [0.2, 0.25) is 0 Å². The summed E-state index contributed by atoms with van der Waals surface area (Å²) in [5.74, 6) is -2.33.